The molecule has 0 saturated carbocycles. The van der Waals surface area contributed by atoms with E-state index in [9.17, 15) is 0 Å². The number of hydrogen-bond donors (Lipinski definition) is 0. The summed E-state index contributed by atoms with van der Waals surface area (Å²) in [5, 5.41) is 0. The van der Waals surface area contributed by atoms with Gasteiger partial charge in [0.15, 0.2) is 6.29 Å². The predicted octanol–water partition coefficient (Wildman–Crippen LogP) is 1.42. The van der Waals surface area contributed by atoms with Crippen LogP contribution in [0.5, 0.6) is 0 Å². The zero-order valence-electron chi connectivity index (χ0n) is 7.79. The molecule has 0 rings (SSSR count). The summed E-state index contributed by atoms with van der Waals surface area (Å²) in [4.78, 5) is 0. The highest BCUT2D eigenvalue weighted by molar-refractivity contribution is 4.46. The summed E-state index contributed by atoms with van der Waals surface area (Å²) in [7, 11) is 1.66. The highest BCUT2D eigenvalue weighted by atomic mass is 16.7. The normalized spacial score (nSPS) is 16.4. The van der Waals surface area contributed by atoms with Crippen LogP contribution in [-0.2, 0) is 14.2 Å². The van der Waals surface area contributed by atoms with E-state index in [1.807, 2.05) is 20.8 Å². The molecule has 11 heavy (non-hydrogen) atoms. The molecule has 2 unspecified atom stereocenters. The third-order valence-electron chi connectivity index (χ3n) is 1.23. The van der Waals surface area contributed by atoms with Crippen LogP contribution < -0.4 is 0 Å². The number of ether oxygens (including phenoxy) is 3. The molecular weight excluding hydrogens is 144 g/mol. The third-order valence-corrected chi connectivity index (χ3v) is 1.23. The summed E-state index contributed by atoms with van der Waals surface area (Å²) < 4.78 is 15.5. The maximum Gasteiger partial charge on any atom is 0.155 e. The summed E-state index contributed by atoms with van der Waals surface area (Å²) in [5.74, 6) is 0. The minimum absolute atomic E-state index is 0.0987. The van der Waals surface area contributed by atoms with Crippen molar-refractivity contribution in [3.8, 4) is 0 Å². The van der Waals surface area contributed by atoms with E-state index in [0.717, 1.165) is 0 Å². The van der Waals surface area contributed by atoms with E-state index in [1.165, 1.54) is 0 Å². The van der Waals surface area contributed by atoms with Crippen LogP contribution in [0.4, 0.5) is 0 Å². The maximum absolute atomic E-state index is 5.38. The van der Waals surface area contributed by atoms with Gasteiger partial charge in [0.25, 0.3) is 0 Å². The Balaban J connectivity index is 3.32. The van der Waals surface area contributed by atoms with E-state index in [1.54, 1.807) is 7.11 Å². The summed E-state index contributed by atoms with van der Waals surface area (Å²) in [5.41, 5.74) is 0. The summed E-state index contributed by atoms with van der Waals surface area (Å²) in [6.07, 6.45) is -0.0355. The molecule has 0 aliphatic rings. The van der Waals surface area contributed by atoms with Crippen molar-refractivity contribution in [1.29, 1.82) is 0 Å². The minimum Gasteiger partial charge on any atom is -0.382 e. The Morgan fingerprint density at radius 1 is 1.27 bits per heavy atom. The van der Waals surface area contributed by atoms with Crippen molar-refractivity contribution in [1.82, 2.24) is 0 Å². The average Bonchev–Trinajstić information content (AvgIpc) is 1.87. The van der Waals surface area contributed by atoms with Gasteiger partial charge in [0.2, 0.25) is 0 Å². The van der Waals surface area contributed by atoms with Gasteiger partial charge < -0.3 is 14.2 Å². The summed E-state index contributed by atoms with van der Waals surface area (Å²) >= 11 is 0. The van der Waals surface area contributed by atoms with Crippen LogP contribution in [0.1, 0.15) is 20.8 Å². The SMILES string of the molecule is CCOC(C)OC(C)COC. The number of rotatable bonds is 6. The van der Waals surface area contributed by atoms with E-state index >= 15 is 0 Å². The molecule has 0 aliphatic heterocycles. The molecule has 0 aromatic carbocycles. The van der Waals surface area contributed by atoms with Crippen molar-refractivity contribution in [2.24, 2.45) is 0 Å². The third kappa shape index (κ3) is 6.28. The molecule has 2 atom stereocenters. The van der Waals surface area contributed by atoms with Crippen molar-refractivity contribution >= 4 is 0 Å². The van der Waals surface area contributed by atoms with Crippen LogP contribution in [0.25, 0.3) is 0 Å². The summed E-state index contributed by atoms with van der Waals surface area (Å²) in [6, 6.07) is 0. The van der Waals surface area contributed by atoms with Crippen molar-refractivity contribution in [2.75, 3.05) is 20.3 Å². The molecule has 0 fully saturated rings. The second-order valence-electron chi connectivity index (χ2n) is 2.43. The van der Waals surface area contributed by atoms with Gasteiger partial charge in [-0.15, -0.1) is 0 Å². The van der Waals surface area contributed by atoms with Gasteiger partial charge in [-0.1, -0.05) is 0 Å². The smallest absolute Gasteiger partial charge is 0.155 e. The van der Waals surface area contributed by atoms with Crippen molar-refractivity contribution in [3.05, 3.63) is 0 Å². The molecule has 0 bridgehead atoms. The molecule has 3 heteroatoms. The van der Waals surface area contributed by atoms with Gasteiger partial charge in [-0.25, -0.2) is 0 Å². The number of methoxy groups -OCH3 is 1. The molecule has 0 radical (unpaired) electrons. The van der Waals surface area contributed by atoms with Gasteiger partial charge >= 0.3 is 0 Å². The fraction of sp³-hybridized carbons (Fsp3) is 1.00. The monoisotopic (exact) mass is 162 g/mol. The largest absolute Gasteiger partial charge is 0.382 e. The van der Waals surface area contributed by atoms with Gasteiger partial charge in [0.1, 0.15) is 0 Å². The van der Waals surface area contributed by atoms with E-state index in [0.29, 0.717) is 13.2 Å². The second kappa shape index (κ2) is 6.58. The van der Waals surface area contributed by atoms with E-state index in [4.69, 9.17) is 14.2 Å². The second-order valence-corrected chi connectivity index (χ2v) is 2.43. The van der Waals surface area contributed by atoms with Crippen molar-refractivity contribution in [2.45, 2.75) is 33.2 Å². The molecule has 0 aromatic rings. The first-order valence-electron chi connectivity index (χ1n) is 3.96. The molecule has 0 N–H and O–H groups in total. The van der Waals surface area contributed by atoms with Crippen LogP contribution >= 0.6 is 0 Å². The highest BCUT2D eigenvalue weighted by Crippen LogP contribution is 1.99. The minimum atomic E-state index is -0.134. The Kier molecular flexibility index (Phi) is 6.51. The predicted molar refractivity (Wildman–Crippen MR) is 43.5 cm³/mol. The Hall–Kier alpha value is -0.120. The van der Waals surface area contributed by atoms with Crippen molar-refractivity contribution in [3.63, 3.8) is 0 Å². The van der Waals surface area contributed by atoms with Gasteiger partial charge in [-0.2, -0.15) is 0 Å². The lowest BCUT2D eigenvalue weighted by Gasteiger charge is -2.17. The number of hydrogen-bond acceptors (Lipinski definition) is 3. The van der Waals surface area contributed by atoms with Gasteiger partial charge in [0, 0.05) is 13.7 Å². The zero-order valence-corrected chi connectivity index (χ0v) is 7.79. The molecular formula is C8H18O3. The summed E-state index contributed by atoms with van der Waals surface area (Å²) in [6.45, 7) is 7.08. The average molecular weight is 162 g/mol. The van der Waals surface area contributed by atoms with E-state index in [2.05, 4.69) is 0 Å². The highest BCUT2D eigenvalue weighted by Gasteiger charge is 2.06. The fourth-order valence-corrected chi connectivity index (χ4v) is 0.875. The van der Waals surface area contributed by atoms with Crippen LogP contribution in [0.2, 0.25) is 0 Å². The molecule has 68 valence electrons. The molecule has 0 saturated heterocycles. The Morgan fingerprint density at radius 3 is 2.36 bits per heavy atom. The van der Waals surface area contributed by atoms with Crippen LogP contribution in [0.15, 0.2) is 0 Å². The van der Waals surface area contributed by atoms with Gasteiger partial charge in [-0.3, -0.25) is 0 Å². The lowest BCUT2D eigenvalue weighted by molar-refractivity contribution is -0.162. The Labute approximate surface area is 68.6 Å². The van der Waals surface area contributed by atoms with Gasteiger partial charge in [-0.05, 0) is 20.8 Å². The topological polar surface area (TPSA) is 27.7 Å². The molecule has 0 heterocycles. The molecule has 0 amide bonds. The molecule has 0 aromatic heterocycles. The van der Waals surface area contributed by atoms with Crippen LogP contribution in [-0.4, -0.2) is 32.7 Å². The van der Waals surface area contributed by atoms with Crippen LogP contribution in [0.3, 0.4) is 0 Å². The maximum atomic E-state index is 5.38. The lowest BCUT2D eigenvalue weighted by atomic mass is 10.4. The molecule has 0 spiro atoms. The van der Waals surface area contributed by atoms with Crippen LogP contribution in [0, 0.1) is 0 Å². The zero-order chi connectivity index (χ0) is 8.69. The lowest BCUT2D eigenvalue weighted by Crippen LogP contribution is -2.23. The standard InChI is InChI=1S/C8H18O3/c1-5-10-8(3)11-7(2)6-9-4/h7-8H,5-6H2,1-4H3. The van der Waals surface area contributed by atoms with Crippen molar-refractivity contribution < 1.29 is 14.2 Å². The van der Waals surface area contributed by atoms with E-state index in [-0.39, 0.29) is 12.4 Å². The Morgan fingerprint density at radius 2 is 1.91 bits per heavy atom. The van der Waals surface area contributed by atoms with Gasteiger partial charge in [0.05, 0.1) is 12.7 Å². The first-order chi connectivity index (χ1) is 5.20. The fourth-order valence-electron chi connectivity index (χ4n) is 0.875. The van der Waals surface area contributed by atoms with E-state index < -0.39 is 0 Å². The first kappa shape index (κ1) is 10.9. The quantitative estimate of drug-likeness (QED) is 0.553. The molecule has 0 aliphatic carbocycles. The Bertz CT molecular complexity index is 75.4. The first-order valence-corrected chi connectivity index (χ1v) is 3.96. The molecule has 3 nitrogen and oxygen atoms in total.